The van der Waals surface area contributed by atoms with E-state index in [0.717, 1.165) is 50.0 Å². The Balaban J connectivity index is 1.95. The van der Waals surface area contributed by atoms with E-state index < -0.39 is 0 Å². The van der Waals surface area contributed by atoms with Gasteiger partial charge in [-0.2, -0.15) is 0 Å². The minimum Gasteiger partial charge on any atom is -0.343 e. The lowest BCUT2D eigenvalue weighted by atomic mass is 9.91. The summed E-state index contributed by atoms with van der Waals surface area (Å²) in [6, 6.07) is 24.0. The summed E-state index contributed by atoms with van der Waals surface area (Å²) in [4.78, 5) is 12.3. The van der Waals surface area contributed by atoms with Crippen LogP contribution in [0.5, 0.6) is 0 Å². The Labute approximate surface area is 191 Å². The first kappa shape index (κ1) is 19.9. The number of carbonyl (C=O) groups excluding carboxylic acids is 1. The van der Waals surface area contributed by atoms with Crippen LogP contribution in [-0.2, 0) is 11.8 Å². The van der Waals surface area contributed by atoms with Crippen molar-refractivity contribution in [2.24, 2.45) is 7.05 Å². The minimum absolute atomic E-state index is 0.00928. The second kappa shape index (κ2) is 7.56. The molecule has 4 aromatic rings. The monoisotopic (exact) mass is 443 g/mol. The van der Waals surface area contributed by atoms with Crippen molar-refractivity contribution < 1.29 is 4.79 Å². The van der Waals surface area contributed by atoms with E-state index in [1.54, 1.807) is 13.0 Å². The Morgan fingerprint density at radius 2 is 1.35 bits per heavy atom. The molecule has 0 saturated carbocycles. The van der Waals surface area contributed by atoms with Crippen LogP contribution < -0.4 is 0 Å². The molecule has 0 amide bonds. The summed E-state index contributed by atoms with van der Waals surface area (Å²) in [7, 11) is 2.05. The van der Waals surface area contributed by atoms with Gasteiger partial charge in [0.15, 0.2) is 5.78 Å². The molecule has 0 bridgehead atoms. The summed E-state index contributed by atoms with van der Waals surface area (Å²) < 4.78 is 2.18. The molecule has 0 atom stereocenters. The van der Waals surface area contributed by atoms with Crippen molar-refractivity contribution in [2.45, 2.75) is 6.92 Å². The number of para-hydroxylation sites is 1. The lowest BCUT2D eigenvalue weighted by Gasteiger charge is -2.13. The van der Waals surface area contributed by atoms with E-state index in [0.29, 0.717) is 10.0 Å². The Hall–Kier alpha value is -3.07. The quantitative estimate of drug-likeness (QED) is 0.301. The zero-order chi connectivity index (χ0) is 21.7. The molecule has 3 aromatic carbocycles. The van der Waals surface area contributed by atoms with Crippen molar-refractivity contribution >= 4 is 56.6 Å². The molecule has 1 heterocycles. The normalized spacial score (nSPS) is 14.5. The molecule has 4 heteroatoms. The zero-order valence-corrected chi connectivity index (χ0v) is 18.6. The smallest absolute Gasteiger partial charge is 0.153 e. The standard InChI is InChI=1S/C27H19Cl2NO/c1-16(31)15-22-24(17-7-11-19(28)12-8-17)25(18-9-13-20(29)14-10-18)26-21-5-3-4-6-23(21)30(2)27(22)26/h3-15H,1-2H3/b22-15-. The molecule has 0 fully saturated rings. The van der Waals surface area contributed by atoms with Crippen LogP contribution in [0, 0.1) is 0 Å². The van der Waals surface area contributed by atoms with Gasteiger partial charge in [0.25, 0.3) is 0 Å². The SMILES string of the molecule is CC(=O)/C=C1/C(c2ccc(Cl)cc2)=C(c2ccc(Cl)cc2)c2c1n(C)c1ccccc21. The van der Waals surface area contributed by atoms with Crippen molar-refractivity contribution in [2.75, 3.05) is 0 Å². The molecule has 152 valence electrons. The molecule has 0 unspecified atom stereocenters. The summed E-state index contributed by atoms with van der Waals surface area (Å²) in [6.07, 6.45) is 1.74. The van der Waals surface area contributed by atoms with E-state index in [4.69, 9.17) is 23.2 Å². The molecule has 0 N–H and O–H groups in total. The van der Waals surface area contributed by atoms with Crippen LogP contribution in [-0.4, -0.2) is 10.4 Å². The first-order valence-corrected chi connectivity index (χ1v) is 10.8. The molecule has 2 nitrogen and oxygen atoms in total. The summed E-state index contributed by atoms with van der Waals surface area (Å²) in [5.74, 6) is 0.00928. The molecular formula is C27H19Cl2NO. The average molecular weight is 444 g/mol. The van der Waals surface area contributed by atoms with E-state index in [2.05, 4.69) is 29.8 Å². The molecule has 0 aliphatic heterocycles. The van der Waals surface area contributed by atoms with Gasteiger partial charge in [-0.25, -0.2) is 0 Å². The summed E-state index contributed by atoms with van der Waals surface area (Å²) in [5.41, 5.74) is 8.43. The maximum absolute atomic E-state index is 12.3. The van der Waals surface area contributed by atoms with Gasteiger partial charge >= 0.3 is 0 Å². The van der Waals surface area contributed by atoms with Crippen LogP contribution >= 0.6 is 23.2 Å². The van der Waals surface area contributed by atoms with Crippen LogP contribution in [0.3, 0.4) is 0 Å². The number of carbonyl (C=O) groups is 1. The van der Waals surface area contributed by atoms with E-state index >= 15 is 0 Å². The third kappa shape index (κ3) is 3.23. The maximum atomic E-state index is 12.3. The highest BCUT2D eigenvalue weighted by molar-refractivity contribution is 6.32. The summed E-state index contributed by atoms with van der Waals surface area (Å²) in [6.45, 7) is 1.59. The molecule has 0 spiro atoms. The molecule has 1 aromatic heterocycles. The molecule has 0 radical (unpaired) electrons. The van der Waals surface area contributed by atoms with Gasteiger partial charge in [-0.05, 0) is 60.0 Å². The van der Waals surface area contributed by atoms with Gasteiger partial charge in [-0.1, -0.05) is 65.7 Å². The van der Waals surface area contributed by atoms with Crippen LogP contribution in [0.1, 0.15) is 29.3 Å². The van der Waals surface area contributed by atoms with E-state index in [9.17, 15) is 4.79 Å². The fourth-order valence-corrected chi connectivity index (χ4v) is 4.76. The second-order valence-corrected chi connectivity index (χ2v) is 8.61. The zero-order valence-electron chi connectivity index (χ0n) is 17.1. The predicted octanol–water partition coefficient (Wildman–Crippen LogP) is 7.43. The number of hydrogen-bond acceptors (Lipinski definition) is 1. The molecule has 5 rings (SSSR count). The van der Waals surface area contributed by atoms with Gasteiger partial charge in [0, 0.05) is 44.7 Å². The lowest BCUT2D eigenvalue weighted by Crippen LogP contribution is -1.98. The topological polar surface area (TPSA) is 22.0 Å². The van der Waals surface area contributed by atoms with E-state index in [1.165, 1.54) is 0 Å². The van der Waals surface area contributed by atoms with Gasteiger partial charge in [0.1, 0.15) is 0 Å². The Morgan fingerprint density at radius 3 is 1.94 bits per heavy atom. The Morgan fingerprint density at radius 1 is 0.806 bits per heavy atom. The fourth-order valence-electron chi connectivity index (χ4n) is 4.51. The predicted molar refractivity (Wildman–Crippen MR) is 130 cm³/mol. The Kier molecular flexibility index (Phi) is 4.85. The number of aromatic nitrogens is 1. The number of allylic oxidation sites excluding steroid dienone is 3. The largest absolute Gasteiger partial charge is 0.343 e. The summed E-state index contributed by atoms with van der Waals surface area (Å²) >= 11 is 12.4. The van der Waals surface area contributed by atoms with Crippen molar-refractivity contribution in [1.82, 2.24) is 4.57 Å². The number of fused-ring (bicyclic) bond motifs is 3. The number of aryl methyl sites for hydroxylation is 1. The van der Waals surface area contributed by atoms with E-state index in [-0.39, 0.29) is 5.78 Å². The van der Waals surface area contributed by atoms with Crippen molar-refractivity contribution in [3.8, 4) is 0 Å². The van der Waals surface area contributed by atoms with Crippen molar-refractivity contribution in [3.05, 3.63) is 111 Å². The van der Waals surface area contributed by atoms with Crippen LogP contribution in [0.4, 0.5) is 0 Å². The molecule has 1 aliphatic carbocycles. The highest BCUT2D eigenvalue weighted by atomic mass is 35.5. The van der Waals surface area contributed by atoms with E-state index in [1.807, 2.05) is 54.6 Å². The molecular weight excluding hydrogens is 425 g/mol. The van der Waals surface area contributed by atoms with Gasteiger partial charge in [-0.3, -0.25) is 4.79 Å². The number of nitrogens with zero attached hydrogens (tertiary/aromatic N) is 1. The van der Waals surface area contributed by atoms with Gasteiger partial charge in [-0.15, -0.1) is 0 Å². The minimum atomic E-state index is 0.00928. The van der Waals surface area contributed by atoms with Gasteiger partial charge in [0.05, 0.1) is 5.69 Å². The molecule has 0 saturated heterocycles. The number of ketones is 1. The third-order valence-corrected chi connectivity index (χ3v) is 6.25. The second-order valence-electron chi connectivity index (χ2n) is 7.73. The molecule has 31 heavy (non-hydrogen) atoms. The summed E-state index contributed by atoms with van der Waals surface area (Å²) in [5, 5.41) is 2.52. The number of halogens is 2. The average Bonchev–Trinajstić information content (AvgIpc) is 3.23. The van der Waals surface area contributed by atoms with Crippen LogP contribution in [0.15, 0.2) is 78.9 Å². The fraction of sp³-hybridized carbons (Fsp3) is 0.0741. The highest BCUT2D eigenvalue weighted by Gasteiger charge is 2.33. The first-order valence-electron chi connectivity index (χ1n) is 10.0. The maximum Gasteiger partial charge on any atom is 0.153 e. The number of hydrogen-bond donors (Lipinski definition) is 0. The first-order chi connectivity index (χ1) is 15.0. The van der Waals surface area contributed by atoms with Crippen LogP contribution in [0.25, 0.3) is 27.6 Å². The van der Waals surface area contributed by atoms with Crippen molar-refractivity contribution in [3.63, 3.8) is 0 Å². The van der Waals surface area contributed by atoms with Crippen molar-refractivity contribution in [1.29, 1.82) is 0 Å². The van der Waals surface area contributed by atoms with Gasteiger partial charge in [0.2, 0.25) is 0 Å². The molecule has 1 aliphatic rings. The highest BCUT2D eigenvalue weighted by Crippen LogP contribution is 2.52. The van der Waals surface area contributed by atoms with Gasteiger partial charge < -0.3 is 4.57 Å². The Bertz CT molecular complexity index is 1400. The van der Waals surface area contributed by atoms with Crippen LogP contribution in [0.2, 0.25) is 10.0 Å². The third-order valence-electron chi connectivity index (χ3n) is 5.74. The lowest BCUT2D eigenvalue weighted by molar-refractivity contribution is -0.112. The number of benzene rings is 3. The number of rotatable bonds is 3.